The predicted molar refractivity (Wildman–Crippen MR) is 82.9 cm³/mol. The minimum atomic E-state index is -0.207. The molecule has 1 aromatic rings. The second-order valence-electron chi connectivity index (χ2n) is 5.39. The maximum absolute atomic E-state index is 5.94. The molecule has 0 N–H and O–H groups in total. The van der Waals surface area contributed by atoms with Crippen LogP contribution in [0.25, 0.3) is 0 Å². The van der Waals surface area contributed by atoms with Gasteiger partial charge in [0.25, 0.3) is 0 Å². The van der Waals surface area contributed by atoms with E-state index in [0.717, 1.165) is 0 Å². The van der Waals surface area contributed by atoms with Crippen molar-refractivity contribution < 1.29 is 17.4 Å². The molecule has 0 spiro atoms. The first kappa shape index (κ1) is 17.8. The van der Waals surface area contributed by atoms with Crippen LogP contribution in [0.15, 0.2) is 35.3 Å². The predicted octanol–water partition coefficient (Wildman–Crippen LogP) is 5.21. The van der Waals surface area contributed by atoms with Crippen LogP contribution >= 0.6 is 20.4 Å². The Morgan fingerprint density at radius 1 is 1.10 bits per heavy atom. The third-order valence-electron chi connectivity index (χ3n) is 3.81. The van der Waals surface area contributed by atoms with Gasteiger partial charge in [0.1, 0.15) is 11.6 Å². The van der Waals surface area contributed by atoms with Crippen LogP contribution in [0.1, 0.15) is 39.3 Å². The summed E-state index contributed by atoms with van der Waals surface area (Å²) >= 11 is 0.569. The van der Waals surface area contributed by atoms with Crippen LogP contribution in [0, 0.1) is 11.8 Å². The van der Waals surface area contributed by atoms with Gasteiger partial charge in [0, 0.05) is 0 Å². The van der Waals surface area contributed by atoms with Crippen molar-refractivity contribution >= 4 is 26.8 Å². The number of nitrogens with zero attached hydrogens (tertiary/aromatic N) is 1. The molecule has 0 unspecified atom stereocenters. The Balaban J connectivity index is 0.000000612. The van der Waals surface area contributed by atoms with Gasteiger partial charge in [0.15, 0.2) is 6.40 Å². The van der Waals surface area contributed by atoms with E-state index in [9.17, 15) is 0 Å². The first-order chi connectivity index (χ1) is 9.50. The van der Waals surface area contributed by atoms with Crippen molar-refractivity contribution in [3.63, 3.8) is 0 Å². The molecule has 1 aliphatic rings. The standard InChI is InChI=1S/C15H21NO.2ClH.Ni/c1-11(2)15(12(3)4)14(16-10-17-15)13-8-6-5-7-9-13;;;/h5-12,14H,1-4H3;2*1H;/q;;;+2/p-2/t14-;;;/m1.../s1. The second kappa shape index (κ2) is 8.27. The Morgan fingerprint density at radius 3 is 2.05 bits per heavy atom. The van der Waals surface area contributed by atoms with Crippen LogP contribution in [0.5, 0.6) is 0 Å². The third-order valence-corrected chi connectivity index (χ3v) is 3.81. The molecule has 1 atom stereocenters. The molecule has 2 nitrogen and oxygen atoms in total. The molecular formula is C15H21Cl2NNiO. The van der Waals surface area contributed by atoms with E-state index >= 15 is 0 Å². The minimum absolute atomic E-state index is 0.115. The molecule has 1 aliphatic heterocycles. The van der Waals surface area contributed by atoms with Crippen molar-refractivity contribution in [2.75, 3.05) is 0 Å². The van der Waals surface area contributed by atoms with Crippen molar-refractivity contribution in [3.05, 3.63) is 35.9 Å². The van der Waals surface area contributed by atoms with Crippen LogP contribution in [-0.4, -0.2) is 12.0 Å². The van der Waals surface area contributed by atoms with Crippen LogP contribution in [0.2, 0.25) is 0 Å². The van der Waals surface area contributed by atoms with E-state index in [1.54, 1.807) is 6.40 Å². The molecule has 1 heterocycles. The first-order valence-corrected chi connectivity index (χ1v) is 9.29. The fourth-order valence-corrected chi connectivity index (χ4v) is 2.92. The molecule has 0 saturated carbocycles. The van der Waals surface area contributed by atoms with Gasteiger partial charge in [-0.15, -0.1) is 0 Å². The van der Waals surface area contributed by atoms with E-state index in [4.69, 9.17) is 25.1 Å². The molecule has 0 bridgehead atoms. The second-order valence-corrected chi connectivity index (χ2v) is 7.02. The number of aliphatic imine (C=N–C) groups is 1. The van der Waals surface area contributed by atoms with Crippen molar-refractivity contribution in [2.45, 2.75) is 39.3 Å². The molecular weight excluding hydrogens is 340 g/mol. The Bertz CT molecular complexity index is 415. The van der Waals surface area contributed by atoms with Gasteiger partial charge >= 0.3 is 33.0 Å². The Morgan fingerprint density at radius 2 is 1.60 bits per heavy atom. The van der Waals surface area contributed by atoms with E-state index in [2.05, 4.69) is 57.0 Å². The Hall–Kier alpha value is -0.236. The molecule has 0 amide bonds. The molecule has 2 rings (SSSR count). The van der Waals surface area contributed by atoms with Crippen LogP contribution in [0.4, 0.5) is 0 Å². The number of hydrogen-bond donors (Lipinski definition) is 0. The average molecular weight is 361 g/mol. The van der Waals surface area contributed by atoms with Gasteiger partial charge in [-0.2, -0.15) is 0 Å². The van der Waals surface area contributed by atoms with E-state index in [0.29, 0.717) is 24.5 Å². The summed E-state index contributed by atoms with van der Waals surface area (Å²) in [5.74, 6) is 0.852. The van der Waals surface area contributed by atoms with E-state index < -0.39 is 0 Å². The zero-order valence-electron chi connectivity index (χ0n) is 12.1. The number of ether oxygens (including phenoxy) is 1. The Labute approximate surface area is 136 Å². The summed E-state index contributed by atoms with van der Waals surface area (Å²) < 4.78 is 5.94. The van der Waals surface area contributed by atoms with E-state index in [1.165, 1.54) is 5.56 Å². The van der Waals surface area contributed by atoms with Gasteiger partial charge in [-0.3, -0.25) is 0 Å². The number of rotatable bonds is 3. The van der Waals surface area contributed by atoms with Gasteiger partial charge < -0.3 is 4.74 Å². The third kappa shape index (κ3) is 3.69. The quantitative estimate of drug-likeness (QED) is 0.678. The fourth-order valence-electron chi connectivity index (χ4n) is 2.92. The topological polar surface area (TPSA) is 21.6 Å². The van der Waals surface area contributed by atoms with Crippen molar-refractivity contribution in [1.29, 1.82) is 0 Å². The summed E-state index contributed by atoms with van der Waals surface area (Å²) in [4.78, 5) is 4.55. The van der Waals surface area contributed by atoms with Crippen LogP contribution in [0.3, 0.4) is 0 Å². The summed E-state index contributed by atoms with van der Waals surface area (Å²) in [7, 11) is 9.40. The van der Waals surface area contributed by atoms with Gasteiger partial charge in [-0.1, -0.05) is 58.0 Å². The number of benzene rings is 1. The molecule has 0 aromatic heterocycles. The fraction of sp³-hybridized carbons (Fsp3) is 0.533. The summed E-state index contributed by atoms with van der Waals surface area (Å²) in [5.41, 5.74) is 1.03. The molecule has 0 fully saturated rings. The molecule has 0 aliphatic carbocycles. The van der Waals surface area contributed by atoms with E-state index in [1.807, 2.05) is 6.07 Å². The first-order valence-electron chi connectivity index (χ1n) is 6.57. The van der Waals surface area contributed by atoms with Gasteiger partial charge in [-0.25, -0.2) is 4.99 Å². The zero-order valence-corrected chi connectivity index (χ0v) is 14.6. The van der Waals surface area contributed by atoms with E-state index in [-0.39, 0.29) is 11.6 Å². The summed E-state index contributed by atoms with van der Waals surface area (Å²) in [6, 6.07) is 10.6. The summed E-state index contributed by atoms with van der Waals surface area (Å²) in [6.07, 6.45) is 1.64. The molecule has 5 heteroatoms. The summed E-state index contributed by atoms with van der Waals surface area (Å²) in [5, 5.41) is 0. The van der Waals surface area contributed by atoms with Crippen LogP contribution < -0.4 is 0 Å². The SMILES string of the molecule is CC(C)C1(C(C)C)OC=N[C@@H]1c1ccccc1.[Cl][Ni][Cl]. The van der Waals surface area contributed by atoms with Crippen molar-refractivity contribution in [3.8, 4) is 0 Å². The monoisotopic (exact) mass is 359 g/mol. The van der Waals surface area contributed by atoms with Crippen molar-refractivity contribution in [1.82, 2.24) is 0 Å². The normalized spacial score (nSPS) is 19.9. The Kier molecular flexibility index (Phi) is 7.36. The van der Waals surface area contributed by atoms with Crippen molar-refractivity contribution in [2.24, 2.45) is 16.8 Å². The summed E-state index contributed by atoms with van der Waals surface area (Å²) in [6.45, 7) is 8.85. The molecule has 0 saturated heterocycles. The zero-order chi connectivity index (χ0) is 15.2. The molecule has 0 radical (unpaired) electrons. The maximum atomic E-state index is 5.94. The number of halogens is 2. The molecule has 1 aromatic carbocycles. The average Bonchev–Trinajstić information content (AvgIpc) is 2.86. The van der Waals surface area contributed by atoms with Crippen LogP contribution in [-0.2, 0) is 17.4 Å². The molecule has 116 valence electrons. The van der Waals surface area contributed by atoms with Gasteiger partial charge in [-0.05, 0) is 17.4 Å². The van der Waals surface area contributed by atoms with Gasteiger partial charge in [0.05, 0.1) is 0 Å². The van der Waals surface area contributed by atoms with Gasteiger partial charge in [0.2, 0.25) is 0 Å². The molecule has 20 heavy (non-hydrogen) atoms. The number of hydrogen-bond acceptors (Lipinski definition) is 2.